The van der Waals surface area contributed by atoms with E-state index in [4.69, 9.17) is 14.2 Å². The van der Waals surface area contributed by atoms with Crippen molar-refractivity contribution in [2.45, 2.75) is 18.9 Å². The Kier molecular flexibility index (Phi) is 5.38. The van der Waals surface area contributed by atoms with Gasteiger partial charge in [0.05, 0.1) is 20.3 Å². The second-order valence-corrected chi connectivity index (χ2v) is 5.81. The Morgan fingerprint density at radius 1 is 1.24 bits per heavy atom. The number of carbonyl (C=O) groups excluding carboxylic acids is 1. The highest BCUT2D eigenvalue weighted by Gasteiger charge is 2.32. The normalized spacial score (nSPS) is 16.6. The molecule has 0 radical (unpaired) electrons. The molecule has 0 bridgehead atoms. The number of aromatic nitrogens is 1. The molecule has 6 heteroatoms. The first-order valence-corrected chi connectivity index (χ1v) is 8.28. The second-order valence-electron chi connectivity index (χ2n) is 5.81. The van der Waals surface area contributed by atoms with Crippen LogP contribution in [-0.2, 0) is 4.79 Å². The molecule has 1 aliphatic heterocycles. The molecule has 1 atom stereocenters. The molecule has 1 aromatic heterocycles. The summed E-state index contributed by atoms with van der Waals surface area (Å²) in [7, 11) is 3.25. The molecule has 1 fully saturated rings. The highest BCUT2D eigenvalue weighted by molar-refractivity contribution is 5.78. The van der Waals surface area contributed by atoms with Crippen molar-refractivity contribution in [3.05, 3.63) is 48.2 Å². The number of carbonyl (C=O) groups is 1. The fourth-order valence-corrected chi connectivity index (χ4v) is 3.13. The monoisotopic (exact) mass is 342 g/mol. The third-order valence-electron chi connectivity index (χ3n) is 4.35. The van der Waals surface area contributed by atoms with Crippen LogP contribution in [0, 0.1) is 0 Å². The van der Waals surface area contributed by atoms with Gasteiger partial charge < -0.3 is 19.1 Å². The average Bonchev–Trinajstić information content (AvgIpc) is 3.16. The molecule has 3 rings (SSSR count). The lowest BCUT2D eigenvalue weighted by molar-refractivity contribution is -0.134. The Bertz CT molecular complexity index is 721. The number of nitrogens with zero attached hydrogens (tertiary/aromatic N) is 2. The maximum Gasteiger partial charge on any atom is 0.261 e. The van der Waals surface area contributed by atoms with Gasteiger partial charge in [-0.1, -0.05) is 6.07 Å². The summed E-state index contributed by atoms with van der Waals surface area (Å²) >= 11 is 0. The van der Waals surface area contributed by atoms with Crippen LogP contribution in [0.2, 0.25) is 0 Å². The van der Waals surface area contributed by atoms with Crippen molar-refractivity contribution in [2.75, 3.05) is 27.4 Å². The minimum absolute atomic E-state index is 0.0133. The fourth-order valence-electron chi connectivity index (χ4n) is 3.13. The predicted octanol–water partition coefficient (Wildman–Crippen LogP) is 2.84. The van der Waals surface area contributed by atoms with E-state index >= 15 is 0 Å². The molecule has 1 amide bonds. The largest absolute Gasteiger partial charge is 0.497 e. The van der Waals surface area contributed by atoms with Crippen molar-refractivity contribution >= 4 is 5.91 Å². The summed E-state index contributed by atoms with van der Waals surface area (Å²) in [4.78, 5) is 18.6. The first-order valence-electron chi connectivity index (χ1n) is 8.28. The Balaban J connectivity index is 1.73. The summed E-state index contributed by atoms with van der Waals surface area (Å²) in [6.45, 7) is 0.691. The number of amides is 1. The van der Waals surface area contributed by atoms with Gasteiger partial charge in [0, 0.05) is 30.4 Å². The summed E-state index contributed by atoms with van der Waals surface area (Å²) in [5.41, 5.74) is 0.993. The van der Waals surface area contributed by atoms with Crippen LogP contribution in [0.3, 0.4) is 0 Å². The molecule has 6 nitrogen and oxygen atoms in total. The molecule has 0 N–H and O–H groups in total. The maximum absolute atomic E-state index is 12.6. The van der Waals surface area contributed by atoms with E-state index in [1.54, 1.807) is 32.5 Å². The maximum atomic E-state index is 12.6. The molecule has 2 heterocycles. The topological polar surface area (TPSA) is 60.9 Å². The van der Waals surface area contributed by atoms with Gasteiger partial charge in [0.2, 0.25) is 5.88 Å². The lowest BCUT2D eigenvalue weighted by Crippen LogP contribution is -2.34. The third kappa shape index (κ3) is 3.84. The van der Waals surface area contributed by atoms with E-state index < -0.39 is 0 Å². The molecule has 1 unspecified atom stereocenters. The zero-order valence-electron chi connectivity index (χ0n) is 14.5. The van der Waals surface area contributed by atoms with Gasteiger partial charge in [-0.15, -0.1) is 0 Å². The van der Waals surface area contributed by atoms with Crippen LogP contribution in [0.4, 0.5) is 0 Å². The molecular weight excluding hydrogens is 320 g/mol. The number of rotatable bonds is 6. The number of pyridine rings is 1. The first kappa shape index (κ1) is 17.1. The summed E-state index contributed by atoms with van der Waals surface area (Å²) in [6, 6.07) is 11.1. The van der Waals surface area contributed by atoms with Gasteiger partial charge in [0.1, 0.15) is 11.5 Å². The number of methoxy groups -OCH3 is 2. The summed E-state index contributed by atoms with van der Waals surface area (Å²) < 4.78 is 16.3. The Morgan fingerprint density at radius 2 is 2.12 bits per heavy atom. The Morgan fingerprint density at radius 3 is 2.84 bits per heavy atom. The van der Waals surface area contributed by atoms with Gasteiger partial charge >= 0.3 is 0 Å². The number of likely N-dealkylation sites (tertiary alicyclic amines) is 1. The summed E-state index contributed by atoms with van der Waals surface area (Å²) in [6.07, 6.45) is 3.49. The smallest absolute Gasteiger partial charge is 0.261 e. The predicted molar refractivity (Wildman–Crippen MR) is 93.0 cm³/mol. The van der Waals surface area contributed by atoms with E-state index in [0.29, 0.717) is 12.4 Å². The van der Waals surface area contributed by atoms with Crippen LogP contribution in [-0.4, -0.2) is 43.2 Å². The molecule has 0 spiro atoms. The van der Waals surface area contributed by atoms with Crippen LogP contribution in [0.5, 0.6) is 17.4 Å². The SMILES string of the molecule is COc1ccc(C2CCCN2C(=O)COc2ccccn2)c(OC)c1. The van der Waals surface area contributed by atoms with Crippen molar-refractivity contribution < 1.29 is 19.0 Å². The Labute approximate surface area is 147 Å². The van der Waals surface area contributed by atoms with Gasteiger partial charge in [-0.3, -0.25) is 4.79 Å². The van der Waals surface area contributed by atoms with E-state index in [-0.39, 0.29) is 18.6 Å². The lowest BCUT2D eigenvalue weighted by atomic mass is 10.0. The van der Waals surface area contributed by atoms with Crippen molar-refractivity contribution in [1.29, 1.82) is 0 Å². The highest BCUT2D eigenvalue weighted by atomic mass is 16.5. The van der Waals surface area contributed by atoms with E-state index in [1.165, 1.54) is 0 Å². The molecule has 25 heavy (non-hydrogen) atoms. The van der Waals surface area contributed by atoms with Gasteiger partial charge in [0.15, 0.2) is 6.61 Å². The van der Waals surface area contributed by atoms with Crippen LogP contribution in [0.15, 0.2) is 42.6 Å². The average molecular weight is 342 g/mol. The minimum Gasteiger partial charge on any atom is -0.497 e. The molecule has 0 aliphatic carbocycles. The van der Waals surface area contributed by atoms with Crippen LogP contribution in [0.1, 0.15) is 24.4 Å². The van der Waals surface area contributed by atoms with Crippen LogP contribution < -0.4 is 14.2 Å². The van der Waals surface area contributed by atoms with E-state index in [1.807, 2.05) is 29.2 Å². The van der Waals surface area contributed by atoms with Gasteiger partial charge in [-0.25, -0.2) is 4.98 Å². The number of hydrogen-bond donors (Lipinski definition) is 0. The van der Waals surface area contributed by atoms with Crippen LogP contribution >= 0.6 is 0 Å². The van der Waals surface area contributed by atoms with E-state index in [2.05, 4.69) is 4.98 Å². The minimum atomic E-state index is -0.0500. The zero-order valence-corrected chi connectivity index (χ0v) is 14.5. The highest BCUT2D eigenvalue weighted by Crippen LogP contribution is 2.38. The van der Waals surface area contributed by atoms with Gasteiger partial charge in [-0.2, -0.15) is 0 Å². The van der Waals surface area contributed by atoms with Crippen molar-refractivity contribution in [3.8, 4) is 17.4 Å². The van der Waals surface area contributed by atoms with Gasteiger partial charge in [-0.05, 0) is 31.0 Å². The van der Waals surface area contributed by atoms with Crippen molar-refractivity contribution in [3.63, 3.8) is 0 Å². The van der Waals surface area contributed by atoms with Crippen molar-refractivity contribution in [2.24, 2.45) is 0 Å². The third-order valence-corrected chi connectivity index (χ3v) is 4.35. The van der Waals surface area contributed by atoms with E-state index in [0.717, 1.165) is 29.9 Å². The molecule has 132 valence electrons. The Hall–Kier alpha value is -2.76. The molecule has 1 saturated heterocycles. The standard InChI is InChI=1S/C19H22N2O4/c1-23-14-8-9-15(17(12-14)24-2)16-6-5-11-21(16)19(22)13-25-18-7-3-4-10-20-18/h3-4,7-10,12,16H,5-6,11,13H2,1-2H3. The summed E-state index contributed by atoms with van der Waals surface area (Å²) in [5, 5.41) is 0. The molecule has 1 aromatic carbocycles. The fraction of sp³-hybridized carbons (Fsp3) is 0.368. The number of hydrogen-bond acceptors (Lipinski definition) is 5. The number of ether oxygens (including phenoxy) is 3. The quantitative estimate of drug-likeness (QED) is 0.808. The lowest BCUT2D eigenvalue weighted by Gasteiger charge is -2.26. The molecule has 0 saturated carbocycles. The molecule has 2 aromatic rings. The van der Waals surface area contributed by atoms with Crippen LogP contribution in [0.25, 0.3) is 0 Å². The summed E-state index contributed by atoms with van der Waals surface area (Å²) in [5.74, 6) is 1.87. The number of benzene rings is 1. The zero-order chi connectivity index (χ0) is 17.6. The molecular formula is C19H22N2O4. The molecule has 1 aliphatic rings. The first-order chi connectivity index (χ1) is 12.2. The van der Waals surface area contributed by atoms with Gasteiger partial charge in [0.25, 0.3) is 5.91 Å². The second kappa shape index (κ2) is 7.88. The van der Waals surface area contributed by atoms with E-state index in [9.17, 15) is 4.79 Å². The van der Waals surface area contributed by atoms with Crippen molar-refractivity contribution in [1.82, 2.24) is 9.88 Å².